The lowest BCUT2D eigenvalue weighted by atomic mass is 10.1. The lowest BCUT2D eigenvalue weighted by Crippen LogP contribution is -2.10. The minimum atomic E-state index is -0.460. The van der Waals surface area contributed by atoms with E-state index in [0.717, 1.165) is 16.9 Å². The molecule has 0 N–H and O–H groups in total. The molecule has 3 aromatic rings. The molecule has 1 aliphatic heterocycles. The van der Waals surface area contributed by atoms with Crippen molar-refractivity contribution >= 4 is 17.8 Å². The van der Waals surface area contributed by atoms with Crippen molar-refractivity contribution < 1.29 is 23.8 Å². The molecule has 5 heteroatoms. The summed E-state index contributed by atoms with van der Waals surface area (Å²) in [4.78, 5) is 25.0. The number of hydrogen-bond donors (Lipinski definition) is 0. The van der Waals surface area contributed by atoms with Crippen molar-refractivity contribution in [1.29, 1.82) is 0 Å². The molecule has 0 aliphatic carbocycles. The summed E-state index contributed by atoms with van der Waals surface area (Å²) >= 11 is 0. The van der Waals surface area contributed by atoms with E-state index in [1.54, 1.807) is 49.6 Å². The average Bonchev–Trinajstić information content (AvgIpc) is 3.09. The van der Waals surface area contributed by atoms with E-state index < -0.39 is 5.97 Å². The van der Waals surface area contributed by atoms with Crippen LogP contribution in [0.15, 0.2) is 84.6 Å². The van der Waals surface area contributed by atoms with Crippen molar-refractivity contribution in [3.63, 3.8) is 0 Å². The number of ether oxygens (including phenoxy) is 3. The first-order valence-electron chi connectivity index (χ1n) is 9.72. The molecule has 0 bridgehead atoms. The number of allylic oxidation sites excluding steroid dienone is 3. The van der Waals surface area contributed by atoms with Crippen molar-refractivity contribution in [2.75, 3.05) is 7.11 Å². The number of Topliss-reactive ketones (excluding diaryl/α,β-unsaturated/α-hetero) is 1. The van der Waals surface area contributed by atoms with E-state index in [-0.39, 0.29) is 11.5 Å². The van der Waals surface area contributed by atoms with E-state index in [1.165, 1.54) is 0 Å². The van der Waals surface area contributed by atoms with E-state index in [2.05, 4.69) is 0 Å². The molecular formula is C26H20O5. The van der Waals surface area contributed by atoms with Gasteiger partial charge in [0.25, 0.3) is 0 Å². The number of methoxy groups -OCH3 is 1. The number of esters is 1. The molecule has 1 aliphatic rings. The van der Waals surface area contributed by atoms with Gasteiger partial charge in [-0.05, 0) is 42.8 Å². The van der Waals surface area contributed by atoms with Crippen LogP contribution in [-0.2, 0) is 0 Å². The van der Waals surface area contributed by atoms with Gasteiger partial charge in [0.15, 0.2) is 5.76 Å². The molecule has 0 radical (unpaired) electrons. The van der Waals surface area contributed by atoms with Crippen molar-refractivity contribution in [2.45, 2.75) is 6.92 Å². The zero-order chi connectivity index (χ0) is 21.8. The molecule has 0 spiro atoms. The maximum atomic E-state index is 12.6. The maximum absolute atomic E-state index is 12.6. The molecule has 3 aromatic carbocycles. The van der Waals surface area contributed by atoms with Crippen LogP contribution in [0.25, 0.3) is 6.08 Å². The molecular weight excluding hydrogens is 392 g/mol. The van der Waals surface area contributed by atoms with Gasteiger partial charge in [-0.25, -0.2) is 4.79 Å². The van der Waals surface area contributed by atoms with Gasteiger partial charge in [0.05, 0.1) is 18.2 Å². The number of fused-ring (bicyclic) bond motifs is 1. The van der Waals surface area contributed by atoms with Gasteiger partial charge in [-0.2, -0.15) is 0 Å². The number of para-hydroxylation sites is 1. The predicted octanol–water partition coefficient (Wildman–Crippen LogP) is 5.40. The Bertz CT molecular complexity index is 1220. The van der Waals surface area contributed by atoms with Crippen LogP contribution in [0.5, 0.6) is 17.2 Å². The summed E-state index contributed by atoms with van der Waals surface area (Å²) in [6, 6.07) is 19.5. The maximum Gasteiger partial charge on any atom is 0.343 e. The summed E-state index contributed by atoms with van der Waals surface area (Å²) in [7, 11) is 1.61. The SMILES string of the molecule is COc1ccccc1/C=C/C=C1\Oc2cc(OC(=O)c3ccccc3C)ccc2C1=O. The molecule has 31 heavy (non-hydrogen) atoms. The van der Waals surface area contributed by atoms with Crippen molar-refractivity contribution in [1.82, 2.24) is 0 Å². The average molecular weight is 412 g/mol. The van der Waals surface area contributed by atoms with Gasteiger partial charge in [0, 0.05) is 11.6 Å². The Morgan fingerprint density at radius 2 is 1.77 bits per heavy atom. The highest BCUT2D eigenvalue weighted by Crippen LogP contribution is 2.34. The van der Waals surface area contributed by atoms with Gasteiger partial charge >= 0.3 is 5.97 Å². The molecule has 5 nitrogen and oxygen atoms in total. The van der Waals surface area contributed by atoms with Crippen LogP contribution in [0.1, 0.15) is 31.8 Å². The summed E-state index contributed by atoms with van der Waals surface area (Å²) in [6.45, 7) is 1.84. The highest BCUT2D eigenvalue weighted by atomic mass is 16.5. The number of hydrogen-bond acceptors (Lipinski definition) is 5. The number of carbonyl (C=O) groups excluding carboxylic acids is 2. The topological polar surface area (TPSA) is 61.8 Å². The van der Waals surface area contributed by atoms with E-state index >= 15 is 0 Å². The highest BCUT2D eigenvalue weighted by molar-refractivity contribution is 6.12. The second kappa shape index (κ2) is 8.71. The standard InChI is InChI=1S/C26H20O5/c1-17-8-3-5-11-20(17)26(28)30-19-14-15-21-24(16-19)31-23(25(21)27)13-7-10-18-9-4-6-12-22(18)29-2/h3-16H,1-2H3/b10-7+,23-13-. The van der Waals surface area contributed by atoms with Gasteiger partial charge in [-0.15, -0.1) is 0 Å². The fraction of sp³-hybridized carbons (Fsp3) is 0.0769. The third-order valence-electron chi connectivity index (χ3n) is 4.88. The van der Waals surface area contributed by atoms with Crippen LogP contribution in [-0.4, -0.2) is 18.9 Å². The Morgan fingerprint density at radius 3 is 2.58 bits per heavy atom. The molecule has 0 fully saturated rings. The van der Waals surface area contributed by atoms with Crippen molar-refractivity contribution in [2.24, 2.45) is 0 Å². The van der Waals surface area contributed by atoms with E-state index in [4.69, 9.17) is 14.2 Å². The highest BCUT2D eigenvalue weighted by Gasteiger charge is 2.27. The number of carbonyl (C=O) groups is 2. The Labute approximate surface area is 180 Å². The lowest BCUT2D eigenvalue weighted by Gasteiger charge is -2.07. The Morgan fingerprint density at radius 1 is 1.00 bits per heavy atom. The normalized spacial score (nSPS) is 13.9. The summed E-state index contributed by atoms with van der Waals surface area (Å²) in [6.07, 6.45) is 5.17. The van der Waals surface area contributed by atoms with Gasteiger partial charge in [-0.3, -0.25) is 4.79 Å². The van der Waals surface area contributed by atoms with Crippen LogP contribution in [0.2, 0.25) is 0 Å². The summed E-state index contributed by atoms with van der Waals surface area (Å²) in [5.41, 5.74) is 2.62. The molecule has 0 saturated carbocycles. The number of aryl methyl sites for hydroxylation is 1. The minimum absolute atomic E-state index is 0.198. The van der Waals surface area contributed by atoms with Crippen molar-refractivity contribution in [3.8, 4) is 17.2 Å². The van der Waals surface area contributed by atoms with Crippen LogP contribution >= 0.6 is 0 Å². The smallest absolute Gasteiger partial charge is 0.343 e. The van der Waals surface area contributed by atoms with Gasteiger partial charge in [0.2, 0.25) is 5.78 Å². The largest absolute Gasteiger partial charge is 0.496 e. The van der Waals surface area contributed by atoms with Crippen molar-refractivity contribution in [3.05, 3.63) is 107 Å². The number of ketones is 1. The molecule has 154 valence electrons. The first-order chi connectivity index (χ1) is 15.1. The number of benzene rings is 3. The second-order valence-corrected chi connectivity index (χ2v) is 6.93. The quantitative estimate of drug-likeness (QED) is 0.319. The Balaban J connectivity index is 1.50. The Kier molecular flexibility index (Phi) is 5.67. The van der Waals surface area contributed by atoms with Gasteiger partial charge in [0.1, 0.15) is 17.2 Å². The molecule has 4 rings (SSSR count). The van der Waals surface area contributed by atoms with Gasteiger partial charge < -0.3 is 14.2 Å². The Hall–Kier alpha value is -4.12. The summed E-state index contributed by atoms with van der Waals surface area (Å²) in [5, 5.41) is 0. The first-order valence-corrected chi connectivity index (χ1v) is 9.72. The molecule has 1 heterocycles. The zero-order valence-electron chi connectivity index (χ0n) is 17.1. The molecule has 0 saturated heterocycles. The van der Waals surface area contributed by atoms with Crippen LogP contribution in [0.4, 0.5) is 0 Å². The van der Waals surface area contributed by atoms with E-state index in [0.29, 0.717) is 22.6 Å². The monoisotopic (exact) mass is 412 g/mol. The number of rotatable bonds is 5. The summed E-state index contributed by atoms with van der Waals surface area (Å²) in [5.74, 6) is 0.916. The van der Waals surface area contributed by atoms with E-state index in [9.17, 15) is 9.59 Å². The van der Waals surface area contributed by atoms with Crippen LogP contribution < -0.4 is 14.2 Å². The molecule has 0 aromatic heterocycles. The van der Waals surface area contributed by atoms with Gasteiger partial charge in [-0.1, -0.05) is 48.6 Å². The van der Waals surface area contributed by atoms with Crippen LogP contribution in [0.3, 0.4) is 0 Å². The zero-order valence-corrected chi connectivity index (χ0v) is 17.1. The molecule has 0 amide bonds. The second-order valence-electron chi connectivity index (χ2n) is 6.93. The molecule has 0 unspecified atom stereocenters. The fourth-order valence-electron chi connectivity index (χ4n) is 3.25. The van der Waals surface area contributed by atoms with E-state index in [1.807, 2.05) is 49.4 Å². The molecule has 0 atom stereocenters. The first kappa shape index (κ1) is 20.2. The third kappa shape index (κ3) is 4.26. The van der Waals surface area contributed by atoms with Crippen LogP contribution in [0, 0.1) is 6.92 Å². The lowest BCUT2D eigenvalue weighted by molar-refractivity contribution is 0.0733. The predicted molar refractivity (Wildman–Crippen MR) is 118 cm³/mol. The fourth-order valence-corrected chi connectivity index (χ4v) is 3.25. The summed E-state index contributed by atoms with van der Waals surface area (Å²) < 4.78 is 16.5. The minimum Gasteiger partial charge on any atom is -0.496 e. The third-order valence-corrected chi connectivity index (χ3v) is 4.88.